The maximum atomic E-state index is 13.5. The number of carboxylic acid groups (broad SMARTS) is 1. The second-order valence-corrected chi connectivity index (χ2v) is 10.5. The molecule has 37 heavy (non-hydrogen) atoms. The van der Waals surface area contributed by atoms with Gasteiger partial charge in [0.15, 0.2) is 0 Å². The number of carbonyl (C=O) groups is 2. The van der Waals surface area contributed by atoms with Crippen molar-refractivity contribution >= 4 is 21.9 Å². The average Bonchev–Trinajstić information content (AvgIpc) is 2.86. The molecule has 1 amide bonds. The van der Waals surface area contributed by atoms with Crippen molar-refractivity contribution in [2.45, 2.75) is 37.8 Å². The zero-order valence-corrected chi connectivity index (χ0v) is 21.6. The monoisotopic (exact) mass is 543 g/mol. The van der Waals surface area contributed by atoms with Gasteiger partial charge in [-0.2, -0.15) is 17.5 Å². The molecule has 0 aromatic heterocycles. The van der Waals surface area contributed by atoms with Gasteiger partial charge >= 0.3 is 12.1 Å². The minimum atomic E-state index is -5.08. The summed E-state index contributed by atoms with van der Waals surface area (Å²) in [6, 6.07) is 15.3. The van der Waals surface area contributed by atoms with E-state index in [0.717, 1.165) is 29.8 Å². The van der Waals surface area contributed by atoms with Crippen LogP contribution in [0.4, 0.5) is 13.2 Å². The van der Waals surface area contributed by atoms with Crippen LogP contribution in [0.3, 0.4) is 0 Å². The lowest BCUT2D eigenvalue weighted by Crippen LogP contribution is -2.47. The van der Waals surface area contributed by atoms with Crippen molar-refractivity contribution in [3.63, 3.8) is 0 Å². The number of nitrogens with zero attached hydrogens (tertiary/aromatic N) is 2. The molecule has 2 N–H and O–H groups in total. The Bertz CT molecular complexity index is 1150. The summed E-state index contributed by atoms with van der Waals surface area (Å²) < 4.78 is 60.2. The molecule has 0 radical (unpaired) electrons. The molecule has 0 unspecified atom stereocenters. The van der Waals surface area contributed by atoms with Crippen molar-refractivity contribution in [1.82, 2.24) is 14.5 Å². The first-order valence-corrected chi connectivity index (χ1v) is 13.2. The lowest BCUT2D eigenvalue weighted by molar-refractivity contribution is -0.192. The fourth-order valence-corrected chi connectivity index (χ4v) is 5.42. The van der Waals surface area contributed by atoms with E-state index in [0.29, 0.717) is 31.0 Å². The van der Waals surface area contributed by atoms with Crippen molar-refractivity contribution in [2.75, 3.05) is 39.3 Å². The second kappa shape index (κ2) is 13.5. The van der Waals surface area contributed by atoms with Crippen LogP contribution in [-0.4, -0.2) is 80.1 Å². The van der Waals surface area contributed by atoms with Crippen LogP contribution in [0.15, 0.2) is 53.4 Å². The Labute approximate surface area is 215 Å². The average molecular weight is 544 g/mol. The van der Waals surface area contributed by atoms with Gasteiger partial charge in [-0.05, 0) is 43.0 Å². The molecule has 0 saturated carbocycles. The number of carbonyl (C=O) groups excluding carboxylic acids is 1. The van der Waals surface area contributed by atoms with Crippen LogP contribution in [0.25, 0.3) is 0 Å². The maximum Gasteiger partial charge on any atom is 0.490 e. The molecule has 3 rings (SSSR count). The Morgan fingerprint density at radius 1 is 1.03 bits per heavy atom. The molecular weight excluding hydrogens is 511 g/mol. The van der Waals surface area contributed by atoms with Crippen LogP contribution in [0.5, 0.6) is 0 Å². The first kappa shape index (κ1) is 30.3. The number of hydrogen-bond donors (Lipinski definition) is 2. The highest BCUT2D eigenvalue weighted by Crippen LogP contribution is 2.22. The summed E-state index contributed by atoms with van der Waals surface area (Å²) in [5.74, 6) is -2.75. The highest BCUT2D eigenvalue weighted by Gasteiger charge is 2.38. The first-order chi connectivity index (χ1) is 17.3. The third-order valence-corrected chi connectivity index (χ3v) is 7.78. The van der Waals surface area contributed by atoms with Crippen molar-refractivity contribution < 1.29 is 36.3 Å². The van der Waals surface area contributed by atoms with Crippen molar-refractivity contribution in [3.8, 4) is 0 Å². The van der Waals surface area contributed by atoms with Crippen LogP contribution < -0.4 is 5.32 Å². The quantitative estimate of drug-likeness (QED) is 0.530. The van der Waals surface area contributed by atoms with Gasteiger partial charge in [0.25, 0.3) is 0 Å². The van der Waals surface area contributed by atoms with Gasteiger partial charge in [-0.25, -0.2) is 13.2 Å². The fourth-order valence-electron chi connectivity index (χ4n) is 3.67. The van der Waals surface area contributed by atoms with Gasteiger partial charge in [-0.15, -0.1) is 0 Å². The second-order valence-electron chi connectivity index (χ2n) is 8.59. The highest BCUT2D eigenvalue weighted by molar-refractivity contribution is 7.89. The summed E-state index contributed by atoms with van der Waals surface area (Å²) in [6.07, 6.45) is -4.29. The largest absolute Gasteiger partial charge is 0.490 e. The van der Waals surface area contributed by atoms with E-state index in [1.807, 2.05) is 61.2 Å². The minimum absolute atomic E-state index is 0.0115. The third kappa shape index (κ3) is 9.45. The molecule has 0 bridgehead atoms. The first-order valence-electron chi connectivity index (χ1n) is 11.7. The van der Waals surface area contributed by atoms with Gasteiger partial charge in [0.05, 0.1) is 4.90 Å². The number of alkyl halides is 3. The van der Waals surface area contributed by atoms with Crippen LogP contribution in [0.2, 0.25) is 0 Å². The van der Waals surface area contributed by atoms with E-state index in [-0.39, 0.29) is 18.9 Å². The molecule has 0 atom stereocenters. The summed E-state index contributed by atoms with van der Waals surface area (Å²) in [5.41, 5.74) is 2.70. The van der Waals surface area contributed by atoms with Crippen LogP contribution in [-0.2, 0) is 26.0 Å². The summed E-state index contributed by atoms with van der Waals surface area (Å²) in [5, 5.41) is 10.4. The topological polar surface area (TPSA) is 107 Å². The predicted molar refractivity (Wildman–Crippen MR) is 133 cm³/mol. The summed E-state index contributed by atoms with van der Waals surface area (Å²) >= 11 is 0. The number of rotatable bonds is 8. The van der Waals surface area contributed by atoms with Gasteiger partial charge < -0.3 is 15.3 Å². The summed E-state index contributed by atoms with van der Waals surface area (Å²) in [4.78, 5) is 23.7. The molecule has 0 spiro atoms. The molecule has 12 heteroatoms. The van der Waals surface area contributed by atoms with Gasteiger partial charge in [0.2, 0.25) is 15.9 Å². The van der Waals surface area contributed by atoms with Gasteiger partial charge in [0.1, 0.15) is 0 Å². The van der Waals surface area contributed by atoms with Crippen LogP contribution in [0.1, 0.15) is 23.1 Å². The van der Waals surface area contributed by atoms with E-state index in [2.05, 4.69) is 5.32 Å². The maximum absolute atomic E-state index is 13.5. The molecule has 2 aromatic carbocycles. The molecule has 204 valence electrons. The Morgan fingerprint density at radius 3 is 2.19 bits per heavy atom. The number of hydrogen-bond acceptors (Lipinski definition) is 5. The van der Waals surface area contributed by atoms with E-state index >= 15 is 0 Å². The van der Waals surface area contributed by atoms with E-state index < -0.39 is 22.2 Å². The lowest BCUT2D eigenvalue weighted by atomic mass is 10.1. The Kier molecular flexibility index (Phi) is 11.1. The van der Waals surface area contributed by atoms with Crippen LogP contribution in [0, 0.1) is 13.8 Å². The van der Waals surface area contributed by atoms with Gasteiger partial charge in [-0.1, -0.05) is 42.5 Å². The smallest absolute Gasteiger partial charge is 0.475 e. The lowest BCUT2D eigenvalue weighted by Gasteiger charge is -2.29. The minimum Gasteiger partial charge on any atom is -0.475 e. The molecule has 1 heterocycles. The molecule has 1 fully saturated rings. The number of sulfonamides is 1. The van der Waals surface area contributed by atoms with Crippen molar-refractivity contribution in [3.05, 3.63) is 65.2 Å². The number of piperazine rings is 1. The Balaban J connectivity index is 0.000000604. The Morgan fingerprint density at radius 2 is 1.62 bits per heavy atom. The van der Waals surface area contributed by atoms with E-state index in [9.17, 15) is 26.4 Å². The number of carboxylic acids is 1. The molecule has 8 nitrogen and oxygen atoms in total. The molecule has 1 aliphatic heterocycles. The molecule has 1 aliphatic rings. The van der Waals surface area contributed by atoms with E-state index in [1.165, 1.54) is 4.31 Å². The Hall–Kier alpha value is -2.96. The summed E-state index contributed by atoms with van der Waals surface area (Å²) in [6.45, 7) is 7.14. The molecular formula is C25H32F3N3O5S. The number of nitrogens with one attached hydrogen (secondary N) is 1. The fraction of sp³-hybridized carbons (Fsp3) is 0.440. The number of halogens is 3. The SMILES string of the molecule is Cc1ccc(C)c(S(=O)(=O)N(CCC(=O)N2CCNCC2)CCc2ccccc2)c1.O=C(O)C(F)(F)F. The number of aryl methyl sites for hydroxylation is 2. The summed E-state index contributed by atoms with van der Waals surface area (Å²) in [7, 11) is -3.70. The standard InChI is InChI=1S/C23H31N3O3S.C2HF3O2/c1-19-8-9-20(2)22(18-19)30(28,29)26(14-10-21-6-4-3-5-7-21)15-11-23(27)25-16-12-24-13-17-25;3-2(4,5)1(6)7/h3-9,18,24H,10-17H2,1-2H3;(H,6,7). The molecule has 0 aliphatic carbocycles. The molecule has 2 aromatic rings. The van der Waals surface area contributed by atoms with E-state index in [1.54, 1.807) is 6.07 Å². The van der Waals surface area contributed by atoms with Gasteiger partial charge in [0, 0.05) is 45.7 Å². The zero-order chi connectivity index (χ0) is 27.6. The predicted octanol–water partition coefficient (Wildman–Crippen LogP) is 2.99. The van der Waals surface area contributed by atoms with Crippen LogP contribution >= 0.6 is 0 Å². The molecule has 1 saturated heterocycles. The highest BCUT2D eigenvalue weighted by atomic mass is 32.2. The number of benzene rings is 2. The van der Waals surface area contributed by atoms with Crippen molar-refractivity contribution in [2.24, 2.45) is 0 Å². The number of aliphatic carboxylic acids is 1. The van der Waals surface area contributed by atoms with Crippen molar-refractivity contribution in [1.29, 1.82) is 0 Å². The zero-order valence-electron chi connectivity index (χ0n) is 20.8. The third-order valence-electron chi connectivity index (χ3n) is 5.74. The number of amides is 1. The van der Waals surface area contributed by atoms with E-state index in [4.69, 9.17) is 9.90 Å². The normalized spacial score (nSPS) is 14.2. The van der Waals surface area contributed by atoms with Gasteiger partial charge in [-0.3, -0.25) is 4.79 Å².